The van der Waals surface area contributed by atoms with Crippen molar-refractivity contribution in [1.82, 2.24) is 4.98 Å². The average Bonchev–Trinajstić information content (AvgIpc) is 2.84. The molecule has 1 atom stereocenters. The summed E-state index contributed by atoms with van der Waals surface area (Å²) in [5.74, 6) is -0.638. The van der Waals surface area contributed by atoms with Crippen molar-refractivity contribution in [3.63, 3.8) is 0 Å². The number of ketones is 1. The number of Topliss-reactive ketones (excluding diaryl/α,β-unsaturated/α-hetero) is 1. The average molecular weight is 289 g/mol. The Morgan fingerprint density at radius 2 is 2.00 bits per heavy atom. The molecule has 2 aromatic rings. The van der Waals surface area contributed by atoms with Gasteiger partial charge in [-0.1, -0.05) is 30.3 Å². The first kappa shape index (κ1) is 14.4. The molecule has 1 aromatic heterocycles. The van der Waals surface area contributed by atoms with Crippen LogP contribution in [0.25, 0.3) is 0 Å². The summed E-state index contributed by atoms with van der Waals surface area (Å²) in [6, 6.07) is 8.80. The molecule has 0 saturated carbocycles. The van der Waals surface area contributed by atoms with E-state index in [0.717, 1.165) is 5.01 Å². The van der Waals surface area contributed by atoms with Gasteiger partial charge in [-0.05, 0) is 13.8 Å². The standard InChI is InChI=1S/C15H15NO3S/c1-10(15(18)12-6-4-3-5-7-12)19-14(17)8-13-9-20-11(2)16-13/h3-7,9-10H,8H2,1-2H3. The van der Waals surface area contributed by atoms with E-state index in [1.807, 2.05) is 18.4 Å². The molecule has 1 heterocycles. The van der Waals surface area contributed by atoms with E-state index in [0.29, 0.717) is 11.3 Å². The van der Waals surface area contributed by atoms with Gasteiger partial charge in [-0.3, -0.25) is 9.59 Å². The highest BCUT2D eigenvalue weighted by Crippen LogP contribution is 2.11. The van der Waals surface area contributed by atoms with E-state index >= 15 is 0 Å². The lowest BCUT2D eigenvalue weighted by molar-refractivity contribution is -0.145. The quantitative estimate of drug-likeness (QED) is 0.627. The van der Waals surface area contributed by atoms with Gasteiger partial charge in [0, 0.05) is 10.9 Å². The molecule has 0 aliphatic heterocycles. The van der Waals surface area contributed by atoms with Crippen molar-refractivity contribution in [3.8, 4) is 0 Å². The lowest BCUT2D eigenvalue weighted by atomic mass is 10.1. The lowest BCUT2D eigenvalue weighted by Gasteiger charge is -2.11. The first-order chi connectivity index (χ1) is 9.56. The van der Waals surface area contributed by atoms with Gasteiger partial charge in [0.05, 0.1) is 17.1 Å². The molecule has 0 bridgehead atoms. The third kappa shape index (κ3) is 3.74. The van der Waals surface area contributed by atoms with Gasteiger partial charge in [-0.15, -0.1) is 11.3 Å². The zero-order chi connectivity index (χ0) is 14.5. The molecule has 0 aliphatic rings. The zero-order valence-corrected chi connectivity index (χ0v) is 12.1. The van der Waals surface area contributed by atoms with Crippen molar-refractivity contribution in [1.29, 1.82) is 0 Å². The summed E-state index contributed by atoms with van der Waals surface area (Å²) >= 11 is 1.48. The van der Waals surface area contributed by atoms with Crippen LogP contribution in [0.5, 0.6) is 0 Å². The second kappa shape index (κ2) is 6.43. The Balaban J connectivity index is 1.92. The fourth-order valence-corrected chi connectivity index (χ4v) is 2.38. The van der Waals surface area contributed by atoms with Crippen LogP contribution in [0.15, 0.2) is 35.7 Å². The van der Waals surface area contributed by atoms with Crippen LogP contribution in [-0.2, 0) is 16.0 Å². The fourth-order valence-electron chi connectivity index (χ4n) is 1.77. The molecule has 0 amide bonds. The van der Waals surface area contributed by atoms with Gasteiger partial charge < -0.3 is 4.74 Å². The largest absolute Gasteiger partial charge is 0.454 e. The second-order valence-corrected chi connectivity index (χ2v) is 5.46. The Morgan fingerprint density at radius 3 is 2.60 bits per heavy atom. The SMILES string of the molecule is Cc1nc(CC(=O)OC(C)C(=O)c2ccccc2)cs1. The van der Waals surface area contributed by atoms with Crippen LogP contribution in [0, 0.1) is 6.92 Å². The summed E-state index contributed by atoms with van der Waals surface area (Å²) in [4.78, 5) is 28.0. The van der Waals surface area contributed by atoms with Crippen LogP contribution in [0.2, 0.25) is 0 Å². The van der Waals surface area contributed by atoms with E-state index in [-0.39, 0.29) is 12.2 Å². The smallest absolute Gasteiger partial charge is 0.312 e. The third-order valence-electron chi connectivity index (χ3n) is 2.73. The molecular formula is C15H15NO3S. The number of hydrogen-bond donors (Lipinski definition) is 0. The summed E-state index contributed by atoms with van der Waals surface area (Å²) in [5, 5.41) is 2.72. The Kier molecular flexibility index (Phi) is 4.63. The minimum atomic E-state index is -0.787. The number of benzene rings is 1. The summed E-state index contributed by atoms with van der Waals surface area (Å²) in [5.41, 5.74) is 1.22. The summed E-state index contributed by atoms with van der Waals surface area (Å²) in [7, 11) is 0. The van der Waals surface area contributed by atoms with Crippen LogP contribution in [0.1, 0.15) is 28.0 Å². The molecule has 0 fully saturated rings. The van der Waals surface area contributed by atoms with Crippen LogP contribution in [0.3, 0.4) is 0 Å². The third-order valence-corrected chi connectivity index (χ3v) is 3.55. The molecule has 1 unspecified atom stereocenters. The molecule has 0 aliphatic carbocycles. The molecule has 0 spiro atoms. The Bertz CT molecular complexity index is 607. The van der Waals surface area contributed by atoms with Gasteiger partial charge in [0.2, 0.25) is 5.78 Å². The molecule has 104 valence electrons. The van der Waals surface area contributed by atoms with Crippen molar-refractivity contribution in [2.24, 2.45) is 0 Å². The summed E-state index contributed by atoms with van der Waals surface area (Å²) in [6.45, 7) is 3.46. The lowest BCUT2D eigenvalue weighted by Crippen LogP contribution is -2.25. The maximum Gasteiger partial charge on any atom is 0.312 e. The molecule has 0 radical (unpaired) electrons. The number of aryl methyl sites for hydroxylation is 1. The number of aromatic nitrogens is 1. The minimum Gasteiger partial charge on any atom is -0.454 e. The maximum atomic E-state index is 12.0. The van der Waals surface area contributed by atoms with E-state index in [1.54, 1.807) is 31.2 Å². The predicted molar refractivity (Wildman–Crippen MR) is 76.9 cm³/mol. The molecule has 0 saturated heterocycles. The molecular weight excluding hydrogens is 274 g/mol. The van der Waals surface area contributed by atoms with Crippen molar-refractivity contribution in [2.45, 2.75) is 26.4 Å². The van der Waals surface area contributed by atoms with E-state index in [4.69, 9.17) is 4.74 Å². The van der Waals surface area contributed by atoms with Crippen molar-refractivity contribution < 1.29 is 14.3 Å². The van der Waals surface area contributed by atoms with E-state index in [1.165, 1.54) is 11.3 Å². The molecule has 4 nitrogen and oxygen atoms in total. The summed E-state index contributed by atoms with van der Waals surface area (Å²) < 4.78 is 5.16. The van der Waals surface area contributed by atoms with Gasteiger partial charge in [-0.2, -0.15) is 0 Å². The number of hydrogen-bond acceptors (Lipinski definition) is 5. The number of thiazole rings is 1. The first-order valence-corrected chi connectivity index (χ1v) is 7.14. The Morgan fingerprint density at radius 1 is 1.30 bits per heavy atom. The summed E-state index contributed by atoms with van der Waals surface area (Å²) in [6.07, 6.45) is -0.693. The molecule has 2 rings (SSSR count). The van der Waals surface area contributed by atoms with Crippen LogP contribution in [-0.4, -0.2) is 22.8 Å². The monoisotopic (exact) mass is 289 g/mol. The number of carbonyl (C=O) groups is 2. The van der Waals surface area contributed by atoms with Gasteiger partial charge in [-0.25, -0.2) is 4.98 Å². The molecule has 0 N–H and O–H groups in total. The molecule has 5 heteroatoms. The van der Waals surface area contributed by atoms with E-state index < -0.39 is 12.1 Å². The normalized spacial score (nSPS) is 11.9. The molecule has 1 aromatic carbocycles. The Labute approximate surface area is 121 Å². The van der Waals surface area contributed by atoms with Gasteiger partial charge in [0.25, 0.3) is 0 Å². The number of rotatable bonds is 5. The van der Waals surface area contributed by atoms with Crippen molar-refractivity contribution in [3.05, 3.63) is 52.0 Å². The van der Waals surface area contributed by atoms with Crippen molar-refractivity contribution >= 4 is 23.1 Å². The topological polar surface area (TPSA) is 56.3 Å². The van der Waals surface area contributed by atoms with Crippen LogP contribution < -0.4 is 0 Å². The van der Waals surface area contributed by atoms with E-state index in [9.17, 15) is 9.59 Å². The number of nitrogens with zero attached hydrogens (tertiary/aromatic N) is 1. The highest BCUT2D eigenvalue weighted by atomic mass is 32.1. The Hall–Kier alpha value is -2.01. The number of carbonyl (C=O) groups excluding carboxylic acids is 2. The van der Waals surface area contributed by atoms with Gasteiger partial charge >= 0.3 is 5.97 Å². The van der Waals surface area contributed by atoms with Crippen LogP contribution in [0.4, 0.5) is 0 Å². The first-order valence-electron chi connectivity index (χ1n) is 6.26. The van der Waals surface area contributed by atoms with Crippen LogP contribution >= 0.6 is 11.3 Å². The maximum absolute atomic E-state index is 12.0. The zero-order valence-electron chi connectivity index (χ0n) is 11.3. The minimum absolute atomic E-state index is 0.0940. The van der Waals surface area contributed by atoms with Gasteiger partial charge in [0.1, 0.15) is 0 Å². The number of esters is 1. The van der Waals surface area contributed by atoms with Crippen molar-refractivity contribution in [2.75, 3.05) is 0 Å². The second-order valence-electron chi connectivity index (χ2n) is 4.40. The molecule has 20 heavy (non-hydrogen) atoms. The number of ether oxygens (including phenoxy) is 1. The highest BCUT2D eigenvalue weighted by Gasteiger charge is 2.19. The van der Waals surface area contributed by atoms with Gasteiger partial charge in [0.15, 0.2) is 6.10 Å². The van der Waals surface area contributed by atoms with E-state index in [2.05, 4.69) is 4.98 Å². The predicted octanol–water partition coefficient (Wildman–Crippen LogP) is 2.81. The fraction of sp³-hybridized carbons (Fsp3) is 0.267. The highest BCUT2D eigenvalue weighted by molar-refractivity contribution is 7.09.